The van der Waals surface area contributed by atoms with E-state index in [9.17, 15) is 9.18 Å². The fourth-order valence-electron chi connectivity index (χ4n) is 1.60. The lowest BCUT2D eigenvalue weighted by Crippen LogP contribution is -2.09. The Hall–Kier alpha value is -2.56. The molecule has 0 bridgehead atoms. The van der Waals surface area contributed by atoms with E-state index in [-0.39, 0.29) is 5.82 Å². The van der Waals surface area contributed by atoms with Gasteiger partial charge in [-0.05, 0) is 35.4 Å². The quantitative estimate of drug-likeness (QED) is 0.712. The minimum absolute atomic E-state index is 0.310. The molecule has 0 aliphatic heterocycles. The first-order valence-electron chi connectivity index (χ1n) is 5.21. The van der Waals surface area contributed by atoms with Crippen molar-refractivity contribution in [3.8, 4) is 11.1 Å². The number of nitrogen functional groups attached to an aromatic ring is 1. The van der Waals surface area contributed by atoms with Crippen LogP contribution in [0.15, 0.2) is 42.5 Å². The van der Waals surface area contributed by atoms with Crippen LogP contribution in [0.25, 0.3) is 11.1 Å². The number of carboxylic acid groups (broad SMARTS) is 1. The summed E-state index contributed by atoms with van der Waals surface area (Å²) in [6.07, 6.45) is -1.18. The molecule has 2 aromatic rings. The van der Waals surface area contributed by atoms with Crippen molar-refractivity contribution >= 4 is 17.5 Å². The highest BCUT2D eigenvalue weighted by molar-refractivity contribution is 5.89. The highest BCUT2D eigenvalue weighted by Crippen LogP contribution is 2.27. The van der Waals surface area contributed by atoms with Gasteiger partial charge in [-0.2, -0.15) is 0 Å². The van der Waals surface area contributed by atoms with Crippen LogP contribution in [0.5, 0.6) is 0 Å². The molecular formula is C13H11FN2O2. The third-order valence-electron chi connectivity index (χ3n) is 2.47. The predicted octanol–water partition coefficient (Wildman–Crippen LogP) is 3.16. The highest BCUT2D eigenvalue weighted by atomic mass is 19.1. The first-order valence-corrected chi connectivity index (χ1v) is 5.21. The second-order valence-electron chi connectivity index (χ2n) is 3.74. The molecule has 0 atom stereocenters. The van der Waals surface area contributed by atoms with Crippen LogP contribution in [0.1, 0.15) is 0 Å². The van der Waals surface area contributed by atoms with E-state index >= 15 is 0 Å². The van der Waals surface area contributed by atoms with Crippen molar-refractivity contribution in [1.29, 1.82) is 0 Å². The van der Waals surface area contributed by atoms with Crippen molar-refractivity contribution in [1.82, 2.24) is 0 Å². The fourth-order valence-corrected chi connectivity index (χ4v) is 1.60. The maximum Gasteiger partial charge on any atom is 0.409 e. The molecule has 4 nitrogen and oxygen atoms in total. The Balaban J connectivity index is 2.40. The van der Waals surface area contributed by atoms with Gasteiger partial charge >= 0.3 is 6.09 Å². The van der Waals surface area contributed by atoms with E-state index in [0.717, 1.165) is 11.1 Å². The average Bonchev–Trinajstić information content (AvgIpc) is 2.32. The third-order valence-corrected chi connectivity index (χ3v) is 2.47. The van der Waals surface area contributed by atoms with Gasteiger partial charge in [0.15, 0.2) is 0 Å². The van der Waals surface area contributed by atoms with Gasteiger partial charge in [-0.15, -0.1) is 0 Å². The maximum absolute atomic E-state index is 12.8. The van der Waals surface area contributed by atoms with E-state index in [1.807, 2.05) is 0 Å². The smallest absolute Gasteiger partial charge is 0.409 e. The molecule has 18 heavy (non-hydrogen) atoms. The van der Waals surface area contributed by atoms with Gasteiger partial charge in [0.05, 0.1) is 11.4 Å². The Morgan fingerprint density at radius 2 is 1.72 bits per heavy atom. The Bertz CT molecular complexity index is 582. The van der Waals surface area contributed by atoms with Gasteiger partial charge in [0.25, 0.3) is 0 Å². The van der Waals surface area contributed by atoms with Crippen molar-refractivity contribution in [3.63, 3.8) is 0 Å². The number of amides is 1. The Labute approximate surface area is 103 Å². The van der Waals surface area contributed by atoms with E-state index in [1.54, 1.807) is 30.3 Å². The number of halogens is 1. The summed E-state index contributed by atoms with van der Waals surface area (Å²) >= 11 is 0. The van der Waals surface area contributed by atoms with Gasteiger partial charge in [0, 0.05) is 0 Å². The van der Waals surface area contributed by atoms with Crippen molar-refractivity contribution in [2.45, 2.75) is 0 Å². The summed E-state index contributed by atoms with van der Waals surface area (Å²) in [5, 5.41) is 10.9. The number of benzene rings is 2. The zero-order valence-electron chi connectivity index (χ0n) is 9.35. The molecule has 2 aromatic carbocycles. The van der Waals surface area contributed by atoms with Crippen LogP contribution in [-0.4, -0.2) is 11.2 Å². The summed E-state index contributed by atoms with van der Waals surface area (Å²) in [7, 11) is 0. The number of anilines is 2. The first kappa shape index (κ1) is 11.9. The molecule has 2 rings (SSSR count). The van der Waals surface area contributed by atoms with E-state index in [1.165, 1.54) is 12.1 Å². The Morgan fingerprint density at radius 1 is 1.11 bits per heavy atom. The fraction of sp³-hybridized carbons (Fsp3) is 0. The van der Waals surface area contributed by atoms with Gasteiger partial charge in [-0.25, -0.2) is 9.18 Å². The molecule has 0 fully saturated rings. The summed E-state index contributed by atoms with van der Waals surface area (Å²) in [6.45, 7) is 0. The lowest BCUT2D eigenvalue weighted by atomic mass is 10.0. The molecular weight excluding hydrogens is 235 g/mol. The number of nitrogens with two attached hydrogens (primary N) is 1. The Morgan fingerprint density at radius 3 is 2.33 bits per heavy atom. The van der Waals surface area contributed by atoms with Crippen LogP contribution in [0.4, 0.5) is 20.6 Å². The van der Waals surface area contributed by atoms with Crippen molar-refractivity contribution in [2.24, 2.45) is 0 Å². The molecule has 0 radical (unpaired) electrons. The zero-order valence-corrected chi connectivity index (χ0v) is 9.35. The minimum Gasteiger partial charge on any atom is -0.465 e. The molecule has 0 aliphatic rings. The number of rotatable bonds is 2. The third kappa shape index (κ3) is 2.57. The van der Waals surface area contributed by atoms with E-state index < -0.39 is 6.09 Å². The average molecular weight is 246 g/mol. The molecule has 4 N–H and O–H groups in total. The second-order valence-corrected chi connectivity index (χ2v) is 3.74. The summed E-state index contributed by atoms with van der Waals surface area (Å²) in [4.78, 5) is 10.6. The predicted molar refractivity (Wildman–Crippen MR) is 67.9 cm³/mol. The standard InChI is InChI=1S/C13H11FN2O2/c14-10-4-1-8(2-5-10)9-3-6-11(15)12(7-9)16-13(17)18/h1-7,16H,15H2,(H,17,18). The first-order chi connectivity index (χ1) is 8.56. The van der Waals surface area contributed by atoms with E-state index in [0.29, 0.717) is 11.4 Å². The number of carbonyl (C=O) groups is 1. The van der Waals surface area contributed by atoms with Gasteiger partial charge < -0.3 is 10.8 Å². The molecule has 0 unspecified atom stereocenters. The van der Waals surface area contributed by atoms with Crippen molar-refractivity contribution < 1.29 is 14.3 Å². The van der Waals surface area contributed by atoms with E-state index in [2.05, 4.69) is 5.32 Å². The van der Waals surface area contributed by atoms with Crippen LogP contribution in [-0.2, 0) is 0 Å². The van der Waals surface area contributed by atoms with Gasteiger partial charge in [0.1, 0.15) is 5.82 Å². The van der Waals surface area contributed by atoms with Gasteiger partial charge in [0.2, 0.25) is 0 Å². The topological polar surface area (TPSA) is 75.3 Å². The summed E-state index contributed by atoms with van der Waals surface area (Å²) in [5.41, 5.74) is 7.84. The van der Waals surface area contributed by atoms with Crippen LogP contribution in [0, 0.1) is 5.82 Å². The Kier molecular flexibility index (Phi) is 3.14. The summed E-state index contributed by atoms with van der Waals surface area (Å²) in [6, 6.07) is 10.9. The van der Waals surface area contributed by atoms with Gasteiger partial charge in [-0.1, -0.05) is 18.2 Å². The van der Waals surface area contributed by atoms with Crippen molar-refractivity contribution in [2.75, 3.05) is 11.1 Å². The molecule has 0 heterocycles. The monoisotopic (exact) mass is 246 g/mol. The zero-order chi connectivity index (χ0) is 13.1. The summed E-state index contributed by atoms with van der Waals surface area (Å²) in [5.74, 6) is -0.321. The van der Waals surface area contributed by atoms with Crippen LogP contribution < -0.4 is 11.1 Å². The van der Waals surface area contributed by atoms with Crippen LogP contribution in [0.3, 0.4) is 0 Å². The number of nitrogens with one attached hydrogen (secondary N) is 1. The molecule has 1 amide bonds. The molecule has 5 heteroatoms. The molecule has 0 aromatic heterocycles. The molecule has 92 valence electrons. The second kappa shape index (κ2) is 4.75. The lowest BCUT2D eigenvalue weighted by Gasteiger charge is -2.08. The SMILES string of the molecule is Nc1ccc(-c2ccc(F)cc2)cc1NC(=O)O. The number of hydrogen-bond donors (Lipinski definition) is 3. The van der Waals surface area contributed by atoms with E-state index in [4.69, 9.17) is 10.8 Å². The molecule has 0 spiro atoms. The summed E-state index contributed by atoms with van der Waals surface area (Å²) < 4.78 is 12.8. The molecule has 0 saturated carbocycles. The van der Waals surface area contributed by atoms with Crippen LogP contribution >= 0.6 is 0 Å². The normalized spacial score (nSPS) is 10.1. The maximum atomic E-state index is 12.8. The molecule has 0 saturated heterocycles. The highest BCUT2D eigenvalue weighted by Gasteiger charge is 2.05. The van der Waals surface area contributed by atoms with Crippen LogP contribution in [0.2, 0.25) is 0 Å². The van der Waals surface area contributed by atoms with Crippen molar-refractivity contribution in [3.05, 3.63) is 48.3 Å². The largest absolute Gasteiger partial charge is 0.465 e. The molecule has 0 aliphatic carbocycles. The van der Waals surface area contributed by atoms with Gasteiger partial charge in [-0.3, -0.25) is 5.32 Å². The number of hydrogen-bond acceptors (Lipinski definition) is 2. The lowest BCUT2D eigenvalue weighted by molar-refractivity contribution is 0.210. The minimum atomic E-state index is -1.18.